The minimum absolute atomic E-state index is 0.0797. The lowest BCUT2D eigenvalue weighted by Crippen LogP contribution is -2.35. The number of nitrogens with one attached hydrogen (secondary N) is 1. The number of rotatable bonds is 5. The average Bonchev–Trinajstić information content (AvgIpc) is 3.47. The van der Waals surface area contributed by atoms with Gasteiger partial charge in [-0.15, -0.1) is 0 Å². The Kier molecular flexibility index (Phi) is 4.24. The maximum atomic E-state index is 12.5. The van der Waals surface area contributed by atoms with Gasteiger partial charge < -0.3 is 19.9 Å². The summed E-state index contributed by atoms with van der Waals surface area (Å²) < 4.78 is 11.1. The summed E-state index contributed by atoms with van der Waals surface area (Å²) in [7, 11) is 0. The molecule has 1 amide bonds. The van der Waals surface area contributed by atoms with E-state index in [1.54, 1.807) is 24.3 Å². The largest absolute Gasteiger partial charge is 0.486 e. The molecule has 26 heavy (non-hydrogen) atoms. The summed E-state index contributed by atoms with van der Waals surface area (Å²) in [5, 5.41) is 12.1. The molecule has 1 fully saturated rings. The first-order chi connectivity index (χ1) is 12.6. The van der Waals surface area contributed by atoms with Crippen LogP contribution in [0.25, 0.3) is 0 Å². The molecular formula is C20H19NO5. The Morgan fingerprint density at radius 3 is 2.50 bits per heavy atom. The number of carboxylic acids is 1. The molecule has 2 unspecified atom stereocenters. The van der Waals surface area contributed by atoms with Crippen molar-refractivity contribution < 1.29 is 24.2 Å². The Hall–Kier alpha value is -3.02. The van der Waals surface area contributed by atoms with Crippen LogP contribution in [0, 0.1) is 5.92 Å². The van der Waals surface area contributed by atoms with Crippen LogP contribution in [-0.4, -0.2) is 30.2 Å². The van der Waals surface area contributed by atoms with Gasteiger partial charge in [-0.05, 0) is 35.6 Å². The summed E-state index contributed by atoms with van der Waals surface area (Å²) in [5.74, 6) is -0.0226. The van der Waals surface area contributed by atoms with Crippen LogP contribution in [0.15, 0.2) is 48.5 Å². The first-order valence-electron chi connectivity index (χ1n) is 8.61. The normalized spacial score (nSPS) is 21.5. The fourth-order valence-corrected chi connectivity index (χ4v) is 3.33. The molecule has 2 aliphatic rings. The lowest BCUT2D eigenvalue weighted by molar-refractivity contribution is -0.142. The zero-order chi connectivity index (χ0) is 18.1. The highest BCUT2D eigenvalue weighted by Crippen LogP contribution is 2.49. The van der Waals surface area contributed by atoms with Crippen molar-refractivity contribution in [3.8, 4) is 11.5 Å². The molecule has 2 N–H and O–H groups in total. The second-order valence-electron chi connectivity index (χ2n) is 6.54. The Morgan fingerprint density at radius 2 is 1.77 bits per heavy atom. The van der Waals surface area contributed by atoms with Crippen molar-refractivity contribution in [3.63, 3.8) is 0 Å². The Balaban J connectivity index is 1.44. The molecule has 4 rings (SSSR count). The molecule has 6 heteroatoms. The van der Waals surface area contributed by atoms with E-state index < -0.39 is 12.0 Å². The minimum Gasteiger partial charge on any atom is -0.486 e. The maximum absolute atomic E-state index is 12.5. The molecule has 1 aliphatic heterocycles. The number of hydrogen-bond acceptors (Lipinski definition) is 4. The van der Waals surface area contributed by atoms with E-state index in [4.69, 9.17) is 9.47 Å². The average molecular weight is 353 g/mol. The van der Waals surface area contributed by atoms with E-state index in [1.807, 2.05) is 24.3 Å². The Bertz CT molecular complexity index is 835. The quantitative estimate of drug-likeness (QED) is 0.863. The second kappa shape index (κ2) is 6.71. The van der Waals surface area contributed by atoms with Crippen molar-refractivity contribution in [3.05, 3.63) is 59.7 Å². The van der Waals surface area contributed by atoms with Crippen molar-refractivity contribution >= 4 is 11.9 Å². The van der Waals surface area contributed by atoms with Crippen molar-refractivity contribution in [1.82, 2.24) is 5.32 Å². The van der Waals surface area contributed by atoms with Crippen LogP contribution < -0.4 is 14.8 Å². The first-order valence-corrected chi connectivity index (χ1v) is 8.61. The summed E-state index contributed by atoms with van der Waals surface area (Å²) in [6, 6.07) is 13.4. The molecule has 2 aromatic rings. The van der Waals surface area contributed by atoms with Crippen LogP contribution in [0.1, 0.15) is 29.5 Å². The molecule has 0 spiro atoms. The van der Waals surface area contributed by atoms with E-state index in [9.17, 15) is 14.7 Å². The number of carboxylic acid groups (broad SMARTS) is 1. The lowest BCUT2D eigenvalue weighted by Gasteiger charge is -2.19. The van der Waals surface area contributed by atoms with Crippen LogP contribution in [0.5, 0.6) is 11.5 Å². The fraction of sp³-hybridized carbons (Fsp3) is 0.300. The van der Waals surface area contributed by atoms with Crippen LogP contribution in [-0.2, 0) is 9.59 Å². The molecular weight excluding hydrogens is 334 g/mol. The third-order valence-electron chi connectivity index (χ3n) is 4.79. The van der Waals surface area contributed by atoms with Crippen molar-refractivity contribution in [1.29, 1.82) is 0 Å². The fourth-order valence-electron chi connectivity index (χ4n) is 3.33. The van der Waals surface area contributed by atoms with Gasteiger partial charge >= 0.3 is 5.97 Å². The van der Waals surface area contributed by atoms with Gasteiger partial charge in [-0.25, -0.2) is 4.79 Å². The lowest BCUT2D eigenvalue weighted by atomic mass is 10.1. The van der Waals surface area contributed by atoms with Gasteiger partial charge in [-0.1, -0.05) is 36.4 Å². The van der Waals surface area contributed by atoms with E-state index >= 15 is 0 Å². The zero-order valence-corrected chi connectivity index (χ0v) is 14.1. The van der Waals surface area contributed by atoms with Gasteiger partial charge in [-0.2, -0.15) is 0 Å². The molecule has 6 nitrogen and oxygen atoms in total. The standard InChI is InChI=1S/C20H19NO5/c22-19(21-18(20(23)24)12-4-2-1-3-5-12)15-11-14(15)13-6-7-16-17(10-13)26-9-8-25-16/h1-7,10,14-15,18H,8-9,11H2,(H,21,22)(H,23,24)/t14?,15?,18-/m0/s1. The highest BCUT2D eigenvalue weighted by molar-refractivity contribution is 5.88. The van der Waals surface area contributed by atoms with Gasteiger partial charge in [0.15, 0.2) is 17.5 Å². The molecule has 3 atom stereocenters. The van der Waals surface area contributed by atoms with Gasteiger partial charge in [0, 0.05) is 5.92 Å². The SMILES string of the molecule is O=C(N[C@H](C(=O)O)c1ccccc1)C1CC1c1ccc2c(c1)OCCO2. The molecule has 0 saturated heterocycles. The number of ether oxygens (including phenoxy) is 2. The number of fused-ring (bicyclic) bond motifs is 1. The highest BCUT2D eigenvalue weighted by atomic mass is 16.6. The molecule has 0 aromatic heterocycles. The number of carbonyl (C=O) groups is 2. The van der Waals surface area contributed by atoms with Gasteiger partial charge in [0.05, 0.1) is 0 Å². The molecule has 134 valence electrons. The Labute approximate surface area is 150 Å². The zero-order valence-electron chi connectivity index (χ0n) is 14.1. The van der Waals surface area contributed by atoms with Crippen LogP contribution in [0.2, 0.25) is 0 Å². The molecule has 0 bridgehead atoms. The maximum Gasteiger partial charge on any atom is 0.330 e. The summed E-state index contributed by atoms with van der Waals surface area (Å²) in [6.07, 6.45) is 0.701. The molecule has 1 aliphatic carbocycles. The van der Waals surface area contributed by atoms with E-state index in [1.165, 1.54) is 0 Å². The monoisotopic (exact) mass is 353 g/mol. The van der Waals surface area contributed by atoms with Crippen molar-refractivity contribution in [2.45, 2.75) is 18.4 Å². The van der Waals surface area contributed by atoms with E-state index in [0.29, 0.717) is 30.9 Å². The first kappa shape index (κ1) is 16.4. The van der Waals surface area contributed by atoms with Crippen LogP contribution in [0.4, 0.5) is 0 Å². The number of aliphatic carboxylic acids is 1. The number of amides is 1. The molecule has 0 radical (unpaired) electrons. The van der Waals surface area contributed by atoms with Crippen molar-refractivity contribution in [2.24, 2.45) is 5.92 Å². The molecule has 2 aromatic carbocycles. The predicted octanol–water partition coefficient (Wildman–Crippen LogP) is 2.50. The molecule has 1 heterocycles. The minimum atomic E-state index is -1.07. The van der Waals surface area contributed by atoms with E-state index in [2.05, 4.69) is 5.32 Å². The smallest absolute Gasteiger partial charge is 0.330 e. The topological polar surface area (TPSA) is 84.9 Å². The Morgan fingerprint density at radius 1 is 1.04 bits per heavy atom. The number of benzene rings is 2. The van der Waals surface area contributed by atoms with Gasteiger partial charge in [0.2, 0.25) is 5.91 Å². The predicted molar refractivity (Wildman–Crippen MR) is 93.2 cm³/mol. The molecule has 1 saturated carbocycles. The third kappa shape index (κ3) is 3.22. The summed E-state index contributed by atoms with van der Waals surface area (Å²) in [5.41, 5.74) is 1.57. The second-order valence-corrected chi connectivity index (χ2v) is 6.54. The van der Waals surface area contributed by atoms with E-state index in [-0.39, 0.29) is 17.7 Å². The highest BCUT2D eigenvalue weighted by Gasteiger charge is 2.45. The van der Waals surface area contributed by atoms with Crippen LogP contribution in [0.3, 0.4) is 0 Å². The summed E-state index contributed by atoms with van der Waals surface area (Å²) in [4.78, 5) is 24.1. The number of carbonyl (C=O) groups excluding carboxylic acids is 1. The summed E-state index contributed by atoms with van der Waals surface area (Å²) in [6.45, 7) is 1.05. The van der Waals surface area contributed by atoms with Crippen LogP contribution >= 0.6 is 0 Å². The van der Waals surface area contributed by atoms with Gasteiger partial charge in [0.25, 0.3) is 0 Å². The summed E-state index contributed by atoms with van der Waals surface area (Å²) >= 11 is 0. The third-order valence-corrected chi connectivity index (χ3v) is 4.79. The van der Waals surface area contributed by atoms with Gasteiger partial charge in [-0.3, -0.25) is 4.79 Å². The van der Waals surface area contributed by atoms with E-state index in [0.717, 1.165) is 11.3 Å². The van der Waals surface area contributed by atoms with Crippen molar-refractivity contribution in [2.75, 3.05) is 13.2 Å². The number of hydrogen-bond donors (Lipinski definition) is 2. The van der Waals surface area contributed by atoms with Gasteiger partial charge in [0.1, 0.15) is 13.2 Å².